The summed E-state index contributed by atoms with van der Waals surface area (Å²) in [5.41, 5.74) is -0.466. The highest BCUT2D eigenvalue weighted by Gasteiger charge is 2.29. The maximum atomic E-state index is 11.8. The van der Waals surface area contributed by atoms with E-state index in [4.69, 9.17) is 4.74 Å². The lowest BCUT2D eigenvalue weighted by molar-refractivity contribution is -0.139. The molecule has 1 amide bonds. The first kappa shape index (κ1) is 14.4. The minimum atomic E-state index is -0.339. The van der Waals surface area contributed by atoms with Gasteiger partial charge in [-0.05, 0) is 27.2 Å². The molecule has 0 aliphatic carbocycles. The maximum Gasteiger partial charge on any atom is 0.227 e. The second kappa shape index (κ2) is 4.97. The number of nitrogens with zero attached hydrogens (tertiary/aromatic N) is 1. The number of rotatable bonds is 4. The van der Waals surface area contributed by atoms with Crippen molar-refractivity contribution in [1.29, 1.82) is 0 Å². The van der Waals surface area contributed by atoms with Crippen LogP contribution in [0.25, 0.3) is 0 Å². The Labute approximate surface area is 93.8 Å². The number of amides is 1. The molecule has 3 heteroatoms. The molecule has 3 nitrogen and oxygen atoms in total. The molecular weight excluding hydrogens is 190 g/mol. The molecular formula is C12H25NO2. The van der Waals surface area contributed by atoms with Gasteiger partial charge in [0, 0.05) is 26.1 Å². The van der Waals surface area contributed by atoms with Gasteiger partial charge in [-0.25, -0.2) is 0 Å². The third kappa shape index (κ3) is 5.78. The van der Waals surface area contributed by atoms with Gasteiger partial charge in [0.2, 0.25) is 5.91 Å². The minimum absolute atomic E-state index is 0.128. The average Bonchev–Trinajstić information content (AvgIpc) is 1.99. The SMILES string of the molecule is CN(C)C(=O)C(C)(C)CCOC(C)(C)C. The largest absolute Gasteiger partial charge is 0.376 e. The van der Waals surface area contributed by atoms with E-state index in [-0.39, 0.29) is 16.9 Å². The van der Waals surface area contributed by atoms with Crippen LogP contribution in [0, 0.1) is 5.41 Å². The highest BCUT2D eigenvalue weighted by Crippen LogP contribution is 2.23. The number of carbonyl (C=O) groups is 1. The van der Waals surface area contributed by atoms with Crippen molar-refractivity contribution in [2.75, 3.05) is 20.7 Å². The molecule has 90 valence electrons. The van der Waals surface area contributed by atoms with Crippen LogP contribution in [0.1, 0.15) is 41.0 Å². The predicted molar refractivity (Wildman–Crippen MR) is 62.8 cm³/mol. The molecule has 0 radical (unpaired) electrons. The van der Waals surface area contributed by atoms with E-state index in [1.54, 1.807) is 19.0 Å². The normalized spacial score (nSPS) is 12.7. The van der Waals surface area contributed by atoms with Crippen molar-refractivity contribution in [3.8, 4) is 0 Å². The zero-order chi connectivity index (χ0) is 12.3. The molecule has 15 heavy (non-hydrogen) atoms. The molecule has 0 saturated heterocycles. The molecule has 0 aliphatic heterocycles. The fourth-order valence-corrected chi connectivity index (χ4v) is 1.32. The Morgan fingerprint density at radius 1 is 1.13 bits per heavy atom. The summed E-state index contributed by atoms with van der Waals surface area (Å²) >= 11 is 0. The fourth-order valence-electron chi connectivity index (χ4n) is 1.32. The van der Waals surface area contributed by atoms with Gasteiger partial charge in [-0.2, -0.15) is 0 Å². The lowest BCUT2D eigenvalue weighted by Crippen LogP contribution is -2.37. The van der Waals surface area contributed by atoms with Gasteiger partial charge in [0.15, 0.2) is 0 Å². The molecule has 0 spiro atoms. The summed E-state index contributed by atoms with van der Waals surface area (Å²) < 4.78 is 5.62. The third-order valence-electron chi connectivity index (χ3n) is 2.25. The van der Waals surface area contributed by atoms with Crippen molar-refractivity contribution < 1.29 is 9.53 Å². The Morgan fingerprint density at radius 2 is 1.60 bits per heavy atom. The molecule has 0 rings (SSSR count). The Bertz CT molecular complexity index is 214. The van der Waals surface area contributed by atoms with E-state index >= 15 is 0 Å². The monoisotopic (exact) mass is 215 g/mol. The van der Waals surface area contributed by atoms with Gasteiger partial charge in [-0.15, -0.1) is 0 Å². The van der Waals surface area contributed by atoms with Crippen molar-refractivity contribution in [3.63, 3.8) is 0 Å². The van der Waals surface area contributed by atoms with Crippen molar-refractivity contribution in [2.24, 2.45) is 5.41 Å². The maximum absolute atomic E-state index is 11.8. The molecule has 0 unspecified atom stereocenters. The van der Waals surface area contributed by atoms with E-state index in [0.29, 0.717) is 6.61 Å². The topological polar surface area (TPSA) is 29.5 Å². The molecule has 0 heterocycles. The van der Waals surface area contributed by atoms with Crippen LogP contribution in [0.4, 0.5) is 0 Å². The molecule has 0 N–H and O–H groups in total. The smallest absolute Gasteiger partial charge is 0.227 e. The number of ether oxygens (including phenoxy) is 1. The minimum Gasteiger partial charge on any atom is -0.376 e. The number of hydrogen-bond acceptors (Lipinski definition) is 2. The lowest BCUT2D eigenvalue weighted by atomic mass is 9.88. The van der Waals surface area contributed by atoms with Crippen LogP contribution >= 0.6 is 0 Å². The highest BCUT2D eigenvalue weighted by atomic mass is 16.5. The first-order chi connectivity index (χ1) is 6.56. The van der Waals surface area contributed by atoms with Crippen molar-refractivity contribution >= 4 is 5.91 Å². The van der Waals surface area contributed by atoms with Crippen molar-refractivity contribution in [3.05, 3.63) is 0 Å². The Hall–Kier alpha value is -0.570. The van der Waals surface area contributed by atoms with Crippen LogP contribution in [-0.2, 0) is 9.53 Å². The van der Waals surface area contributed by atoms with Gasteiger partial charge in [-0.1, -0.05) is 13.8 Å². The molecule has 0 fully saturated rings. The number of carbonyl (C=O) groups excluding carboxylic acids is 1. The van der Waals surface area contributed by atoms with Gasteiger partial charge in [0.1, 0.15) is 0 Å². The summed E-state index contributed by atoms with van der Waals surface area (Å²) in [6, 6.07) is 0. The standard InChI is InChI=1S/C12H25NO2/c1-11(2,3)15-9-8-12(4,5)10(14)13(6)7/h8-9H2,1-7H3. The van der Waals surface area contributed by atoms with Gasteiger partial charge < -0.3 is 9.64 Å². The summed E-state index contributed by atoms with van der Waals surface area (Å²) in [5.74, 6) is 0.153. The van der Waals surface area contributed by atoms with E-state index in [1.807, 2.05) is 34.6 Å². The summed E-state index contributed by atoms with van der Waals surface area (Å²) in [7, 11) is 3.57. The van der Waals surface area contributed by atoms with Crippen LogP contribution in [0.5, 0.6) is 0 Å². The van der Waals surface area contributed by atoms with Gasteiger partial charge in [0.25, 0.3) is 0 Å². The molecule has 0 bridgehead atoms. The van der Waals surface area contributed by atoms with Crippen LogP contribution in [-0.4, -0.2) is 37.1 Å². The van der Waals surface area contributed by atoms with E-state index < -0.39 is 0 Å². The Balaban J connectivity index is 4.11. The summed E-state index contributed by atoms with van der Waals surface area (Å²) in [6.45, 7) is 10.6. The average molecular weight is 215 g/mol. The van der Waals surface area contributed by atoms with Crippen LogP contribution in [0.2, 0.25) is 0 Å². The van der Waals surface area contributed by atoms with Gasteiger partial charge in [0.05, 0.1) is 5.60 Å². The second-order valence-corrected chi connectivity index (χ2v) is 5.79. The first-order valence-corrected chi connectivity index (χ1v) is 5.42. The van der Waals surface area contributed by atoms with Crippen molar-refractivity contribution in [1.82, 2.24) is 4.90 Å². The summed E-state index contributed by atoms with van der Waals surface area (Å²) in [4.78, 5) is 13.4. The van der Waals surface area contributed by atoms with Crippen LogP contribution in [0.3, 0.4) is 0 Å². The van der Waals surface area contributed by atoms with Crippen LogP contribution in [0.15, 0.2) is 0 Å². The van der Waals surface area contributed by atoms with Crippen LogP contribution < -0.4 is 0 Å². The third-order valence-corrected chi connectivity index (χ3v) is 2.25. The highest BCUT2D eigenvalue weighted by molar-refractivity contribution is 5.81. The molecule has 0 aromatic heterocycles. The quantitative estimate of drug-likeness (QED) is 0.720. The van der Waals surface area contributed by atoms with E-state index in [1.165, 1.54) is 0 Å². The van der Waals surface area contributed by atoms with E-state index in [0.717, 1.165) is 6.42 Å². The Kier molecular flexibility index (Phi) is 4.78. The van der Waals surface area contributed by atoms with Gasteiger partial charge >= 0.3 is 0 Å². The lowest BCUT2D eigenvalue weighted by Gasteiger charge is -2.28. The molecule has 0 aromatic rings. The van der Waals surface area contributed by atoms with Crippen molar-refractivity contribution in [2.45, 2.75) is 46.6 Å². The summed E-state index contributed by atoms with van der Waals surface area (Å²) in [6.07, 6.45) is 0.751. The first-order valence-electron chi connectivity index (χ1n) is 5.42. The van der Waals surface area contributed by atoms with E-state index in [2.05, 4.69) is 0 Å². The Morgan fingerprint density at radius 3 is 1.93 bits per heavy atom. The molecule has 0 atom stereocenters. The zero-order valence-electron chi connectivity index (χ0n) is 11.2. The second-order valence-electron chi connectivity index (χ2n) is 5.79. The fraction of sp³-hybridized carbons (Fsp3) is 0.917. The molecule has 0 aromatic carbocycles. The number of hydrogen-bond donors (Lipinski definition) is 0. The predicted octanol–water partition coefficient (Wildman–Crippen LogP) is 2.31. The molecule has 0 saturated carbocycles. The van der Waals surface area contributed by atoms with Gasteiger partial charge in [-0.3, -0.25) is 4.79 Å². The zero-order valence-corrected chi connectivity index (χ0v) is 11.2. The van der Waals surface area contributed by atoms with E-state index in [9.17, 15) is 4.79 Å². The molecule has 0 aliphatic rings. The summed E-state index contributed by atoms with van der Waals surface area (Å²) in [5, 5.41) is 0.